The van der Waals surface area contributed by atoms with E-state index in [-0.39, 0.29) is 15.7 Å². The van der Waals surface area contributed by atoms with E-state index >= 15 is 0 Å². The lowest BCUT2D eigenvalue weighted by molar-refractivity contribution is -0.274. The first-order chi connectivity index (χ1) is 9.37. The molecule has 0 unspecified atom stereocenters. The second-order valence-electron chi connectivity index (χ2n) is 3.74. The highest BCUT2D eigenvalue weighted by Crippen LogP contribution is 2.31. The zero-order chi connectivity index (χ0) is 14.8. The van der Waals surface area contributed by atoms with Gasteiger partial charge < -0.3 is 4.74 Å². The maximum Gasteiger partial charge on any atom is 0.573 e. The second-order valence-corrected chi connectivity index (χ2v) is 4.59. The van der Waals surface area contributed by atoms with Gasteiger partial charge >= 0.3 is 6.36 Å². The van der Waals surface area contributed by atoms with Crippen LogP contribution in [0.25, 0.3) is 0 Å². The van der Waals surface area contributed by atoms with Gasteiger partial charge in [0.05, 0.1) is 4.47 Å². The lowest BCUT2D eigenvalue weighted by Crippen LogP contribution is -2.17. The molecule has 0 aliphatic rings. The van der Waals surface area contributed by atoms with E-state index in [1.54, 1.807) is 12.1 Å². The fourth-order valence-corrected chi connectivity index (χ4v) is 1.82. The quantitative estimate of drug-likeness (QED) is 0.790. The largest absolute Gasteiger partial charge is 0.573 e. The van der Waals surface area contributed by atoms with Crippen molar-refractivity contribution in [1.29, 1.82) is 0 Å². The minimum Gasteiger partial charge on any atom is -0.405 e. The zero-order valence-corrected chi connectivity index (χ0v) is 11.4. The van der Waals surface area contributed by atoms with Gasteiger partial charge in [-0.2, -0.15) is 0 Å². The molecule has 0 bridgehead atoms. The predicted octanol–water partition coefficient (Wildman–Crippen LogP) is 3.97. The van der Waals surface area contributed by atoms with Gasteiger partial charge in [0.1, 0.15) is 11.4 Å². The summed E-state index contributed by atoms with van der Waals surface area (Å²) in [5, 5.41) is 0. The molecule has 0 fully saturated rings. The van der Waals surface area contributed by atoms with Crippen molar-refractivity contribution in [3.05, 3.63) is 58.3 Å². The Morgan fingerprint density at radius 2 is 1.95 bits per heavy atom. The second kappa shape index (κ2) is 5.62. The Bertz CT molecular complexity index is 629. The van der Waals surface area contributed by atoms with Gasteiger partial charge in [0.25, 0.3) is 0 Å². The van der Waals surface area contributed by atoms with Crippen molar-refractivity contribution >= 4 is 21.7 Å². The van der Waals surface area contributed by atoms with Crippen molar-refractivity contribution < 1.29 is 22.7 Å². The SMILES string of the molecule is O=C(c1ccc(Br)c(OC(F)(F)F)c1)c1ccccn1. The highest BCUT2D eigenvalue weighted by atomic mass is 79.9. The maximum absolute atomic E-state index is 12.2. The van der Waals surface area contributed by atoms with E-state index in [2.05, 4.69) is 25.7 Å². The summed E-state index contributed by atoms with van der Waals surface area (Å²) in [6.45, 7) is 0. The molecule has 2 aromatic rings. The molecule has 1 aromatic carbocycles. The number of hydrogen-bond donors (Lipinski definition) is 0. The molecule has 2 rings (SSSR count). The van der Waals surface area contributed by atoms with Gasteiger partial charge in [0, 0.05) is 11.8 Å². The molecule has 0 spiro atoms. The van der Waals surface area contributed by atoms with E-state index in [0.29, 0.717) is 0 Å². The van der Waals surface area contributed by atoms with Gasteiger partial charge in [-0.3, -0.25) is 9.78 Å². The Hall–Kier alpha value is -1.89. The maximum atomic E-state index is 12.2. The molecule has 0 atom stereocenters. The number of aromatic nitrogens is 1. The van der Waals surface area contributed by atoms with Crippen LogP contribution in [-0.4, -0.2) is 17.1 Å². The number of hydrogen-bond acceptors (Lipinski definition) is 3. The summed E-state index contributed by atoms with van der Waals surface area (Å²) in [5.41, 5.74) is 0.207. The van der Waals surface area contributed by atoms with Crippen LogP contribution in [0.2, 0.25) is 0 Å². The highest BCUT2D eigenvalue weighted by Gasteiger charge is 2.32. The van der Waals surface area contributed by atoms with Gasteiger partial charge in [-0.25, -0.2) is 0 Å². The molecular weight excluding hydrogens is 339 g/mol. The van der Waals surface area contributed by atoms with E-state index < -0.39 is 17.9 Å². The number of alkyl halides is 3. The van der Waals surface area contributed by atoms with Gasteiger partial charge in [-0.15, -0.1) is 13.2 Å². The molecule has 0 N–H and O–H groups in total. The van der Waals surface area contributed by atoms with Crippen molar-refractivity contribution in [2.24, 2.45) is 0 Å². The Balaban J connectivity index is 2.34. The van der Waals surface area contributed by atoms with E-state index in [1.807, 2.05) is 0 Å². The minimum atomic E-state index is -4.82. The van der Waals surface area contributed by atoms with Crippen LogP contribution in [0.1, 0.15) is 16.1 Å². The molecule has 0 aliphatic heterocycles. The number of ether oxygens (including phenoxy) is 1. The average molecular weight is 346 g/mol. The van der Waals surface area contributed by atoms with Gasteiger partial charge in [0.15, 0.2) is 0 Å². The Morgan fingerprint density at radius 1 is 1.20 bits per heavy atom. The molecule has 0 saturated carbocycles. The first kappa shape index (κ1) is 14.5. The van der Waals surface area contributed by atoms with E-state index in [9.17, 15) is 18.0 Å². The summed E-state index contributed by atoms with van der Waals surface area (Å²) >= 11 is 2.94. The Labute approximate surface area is 120 Å². The predicted molar refractivity (Wildman–Crippen MR) is 68.5 cm³/mol. The molecule has 3 nitrogen and oxygen atoms in total. The van der Waals surface area contributed by atoms with Crippen LogP contribution in [0.15, 0.2) is 47.1 Å². The smallest absolute Gasteiger partial charge is 0.405 e. The first-order valence-corrected chi connectivity index (χ1v) is 6.17. The third kappa shape index (κ3) is 3.57. The normalized spacial score (nSPS) is 11.2. The fraction of sp³-hybridized carbons (Fsp3) is 0.0769. The molecule has 0 radical (unpaired) electrons. The lowest BCUT2D eigenvalue weighted by Gasteiger charge is -2.11. The third-order valence-corrected chi connectivity index (χ3v) is 2.97. The van der Waals surface area contributed by atoms with Gasteiger partial charge in [0.2, 0.25) is 5.78 Å². The average Bonchev–Trinajstić information content (AvgIpc) is 2.40. The van der Waals surface area contributed by atoms with Crippen molar-refractivity contribution in [1.82, 2.24) is 4.98 Å². The zero-order valence-electron chi connectivity index (χ0n) is 9.82. The topological polar surface area (TPSA) is 39.2 Å². The van der Waals surface area contributed by atoms with Crippen molar-refractivity contribution in [2.75, 3.05) is 0 Å². The molecule has 104 valence electrons. The number of pyridine rings is 1. The molecular formula is C13H7BrF3NO2. The molecule has 0 saturated heterocycles. The van der Waals surface area contributed by atoms with Gasteiger partial charge in [-0.1, -0.05) is 6.07 Å². The summed E-state index contributed by atoms with van der Waals surface area (Å²) in [6.07, 6.45) is -3.39. The van der Waals surface area contributed by atoms with Crippen molar-refractivity contribution in [3.8, 4) is 5.75 Å². The van der Waals surface area contributed by atoms with Crippen LogP contribution >= 0.6 is 15.9 Å². The summed E-state index contributed by atoms with van der Waals surface area (Å²) in [7, 11) is 0. The Morgan fingerprint density at radius 3 is 2.55 bits per heavy atom. The summed E-state index contributed by atoms with van der Waals surface area (Å²) in [6, 6.07) is 8.47. The van der Waals surface area contributed by atoms with Crippen molar-refractivity contribution in [3.63, 3.8) is 0 Å². The van der Waals surface area contributed by atoms with E-state index in [4.69, 9.17) is 0 Å². The Kier molecular flexibility index (Phi) is 4.08. The molecule has 1 heterocycles. The number of benzene rings is 1. The van der Waals surface area contributed by atoms with E-state index in [1.165, 1.54) is 24.4 Å². The molecule has 20 heavy (non-hydrogen) atoms. The summed E-state index contributed by atoms with van der Waals surface area (Å²) < 4.78 is 40.7. The van der Waals surface area contributed by atoms with Crippen LogP contribution in [0.5, 0.6) is 5.75 Å². The molecule has 1 aromatic heterocycles. The van der Waals surface area contributed by atoms with Crippen LogP contribution in [-0.2, 0) is 0 Å². The molecule has 0 aliphatic carbocycles. The number of carbonyl (C=O) groups is 1. The monoisotopic (exact) mass is 345 g/mol. The number of ketones is 1. The van der Waals surface area contributed by atoms with E-state index in [0.717, 1.165) is 6.07 Å². The summed E-state index contributed by atoms with van der Waals surface area (Å²) in [5.74, 6) is -0.954. The number of nitrogens with zero attached hydrogens (tertiary/aromatic N) is 1. The van der Waals surface area contributed by atoms with Crippen LogP contribution in [0, 0.1) is 0 Å². The lowest BCUT2D eigenvalue weighted by atomic mass is 10.1. The fourth-order valence-electron chi connectivity index (χ4n) is 1.49. The van der Waals surface area contributed by atoms with Crippen LogP contribution in [0.4, 0.5) is 13.2 Å². The first-order valence-electron chi connectivity index (χ1n) is 5.38. The summed E-state index contributed by atoms with van der Waals surface area (Å²) in [4.78, 5) is 15.9. The number of rotatable bonds is 3. The van der Waals surface area contributed by atoms with Crippen LogP contribution in [0.3, 0.4) is 0 Å². The number of halogens is 4. The highest BCUT2D eigenvalue weighted by molar-refractivity contribution is 9.10. The van der Waals surface area contributed by atoms with Crippen LogP contribution < -0.4 is 4.74 Å². The third-order valence-electron chi connectivity index (χ3n) is 2.32. The van der Waals surface area contributed by atoms with Gasteiger partial charge in [-0.05, 0) is 46.3 Å². The minimum absolute atomic E-state index is 0.0613. The standard InChI is InChI=1S/C13H7BrF3NO2/c14-9-5-4-8(7-11(9)20-13(15,16)17)12(19)10-3-1-2-6-18-10/h1-7H. The molecule has 0 amide bonds. The molecule has 7 heteroatoms. The van der Waals surface area contributed by atoms with Crippen molar-refractivity contribution in [2.45, 2.75) is 6.36 Å². The number of carbonyl (C=O) groups excluding carboxylic acids is 1.